The van der Waals surface area contributed by atoms with Gasteiger partial charge in [0.2, 0.25) is 0 Å². The highest BCUT2D eigenvalue weighted by molar-refractivity contribution is 6.44. The van der Waals surface area contributed by atoms with Crippen LogP contribution in [0.3, 0.4) is 0 Å². The summed E-state index contributed by atoms with van der Waals surface area (Å²) < 4.78 is 0. The highest BCUT2D eigenvalue weighted by atomic mass is 35.5. The van der Waals surface area contributed by atoms with Crippen LogP contribution in [-0.4, -0.2) is 12.5 Å². The average Bonchev–Trinajstić information content (AvgIpc) is 2.78. The van der Waals surface area contributed by atoms with E-state index in [1.807, 2.05) is 0 Å². The molecule has 1 fully saturated rings. The maximum Gasteiger partial charge on any atom is 0.252 e. The molecule has 1 aliphatic carbocycles. The largest absolute Gasteiger partial charge is 0.399 e. The van der Waals surface area contributed by atoms with Crippen LogP contribution in [0.15, 0.2) is 12.1 Å². The van der Waals surface area contributed by atoms with Gasteiger partial charge in [0.1, 0.15) is 0 Å². The zero-order valence-corrected chi connectivity index (χ0v) is 12.4. The Morgan fingerprint density at radius 2 is 2.00 bits per heavy atom. The highest BCUT2D eigenvalue weighted by Crippen LogP contribution is 2.37. The van der Waals surface area contributed by atoms with E-state index in [-0.39, 0.29) is 16.3 Å². The monoisotopic (exact) mass is 300 g/mol. The molecule has 1 saturated carbocycles. The lowest BCUT2D eigenvalue weighted by Crippen LogP contribution is -2.34. The zero-order chi connectivity index (χ0) is 14.0. The summed E-state index contributed by atoms with van der Waals surface area (Å²) in [4.78, 5) is 12.2. The molecule has 0 bridgehead atoms. The molecular weight excluding hydrogens is 283 g/mol. The Balaban J connectivity index is 2.08. The second-order valence-electron chi connectivity index (χ2n) is 5.56. The molecule has 0 unspecified atom stereocenters. The van der Waals surface area contributed by atoms with Crippen molar-refractivity contribution in [1.82, 2.24) is 5.32 Å². The van der Waals surface area contributed by atoms with E-state index >= 15 is 0 Å². The summed E-state index contributed by atoms with van der Waals surface area (Å²) in [5.41, 5.74) is 6.67. The van der Waals surface area contributed by atoms with Crippen LogP contribution in [0.5, 0.6) is 0 Å². The molecule has 1 aromatic rings. The van der Waals surface area contributed by atoms with Gasteiger partial charge in [0.05, 0.1) is 15.6 Å². The predicted octanol–water partition coefficient (Wildman–Crippen LogP) is 3.89. The molecule has 19 heavy (non-hydrogen) atoms. The summed E-state index contributed by atoms with van der Waals surface area (Å²) in [6, 6.07) is 3.10. The summed E-state index contributed by atoms with van der Waals surface area (Å²) in [6.07, 6.45) is 4.77. The third kappa shape index (κ3) is 3.34. The topological polar surface area (TPSA) is 55.1 Å². The van der Waals surface area contributed by atoms with Crippen molar-refractivity contribution in [2.75, 3.05) is 12.3 Å². The van der Waals surface area contributed by atoms with E-state index in [2.05, 4.69) is 12.2 Å². The number of rotatable bonds is 3. The Hall–Kier alpha value is -0.930. The third-order valence-electron chi connectivity index (χ3n) is 3.78. The van der Waals surface area contributed by atoms with Crippen LogP contribution in [0, 0.1) is 5.41 Å². The van der Waals surface area contributed by atoms with E-state index in [4.69, 9.17) is 28.9 Å². The Morgan fingerprint density at radius 1 is 1.37 bits per heavy atom. The minimum Gasteiger partial charge on any atom is -0.399 e. The van der Waals surface area contributed by atoms with E-state index in [0.29, 0.717) is 22.8 Å². The van der Waals surface area contributed by atoms with Crippen molar-refractivity contribution in [1.29, 1.82) is 0 Å². The Kier molecular flexibility index (Phi) is 4.26. The van der Waals surface area contributed by atoms with Crippen molar-refractivity contribution in [3.8, 4) is 0 Å². The normalized spacial score (nSPS) is 17.4. The molecule has 0 saturated heterocycles. The van der Waals surface area contributed by atoms with E-state index in [1.165, 1.54) is 12.8 Å². The summed E-state index contributed by atoms with van der Waals surface area (Å²) in [5, 5.41) is 3.50. The number of hydrogen-bond donors (Lipinski definition) is 2. The molecule has 2 rings (SSSR count). The average molecular weight is 301 g/mol. The molecule has 3 N–H and O–H groups in total. The van der Waals surface area contributed by atoms with E-state index < -0.39 is 0 Å². The zero-order valence-electron chi connectivity index (χ0n) is 10.9. The molecule has 3 nitrogen and oxygen atoms in total. The van der Waals surface area contributed by atoms with Gasteiger partial charge >= 0.3 is 0 Å². The molecule has 5 heteroatoms. The van der Waals surface area contributed by atoms with Crippen LogP contribution in [0.1, 0.15) is 43.0 Å². The lowest BCUT2D eigenvalue weighted by atomic mass is 9.89. The molecule has 1 aliphatic rings. The number of nitrogens with two attached hydrogens (primary N) is 1. The van der Waals surface area contributed by atoms with Crippen LogP contribution in [0.4, 0.5) is 5.69 Å². The number of anilines is 1. The minimum absolute atomic E-state index is 0.201. The van der Waals surface area contributed by atoms with Gasteiger partial charge in [-0.2, -0.15) is 0 Å². The molecule has 0 spiro atoms. The molecule has 1 aromatic carbocycles. The number of carbonyl (C=O) groups is 1. The SMILES string of the molecule is CC1(CNC(=O)c2cc(N)cc(Cl)c2Cl)CCCC1. The van der Waals surface area contributed by atoms with Gasteiger partial charge in [-0.15, -0.1) is 0 Å². The van der Waals surface area contributed by atoms with Crippen LogP contribution in [-0.2, 0) is 0 Å². The van der Waals surface area contributed by atoms with Crippen molar-refractivity contribution >= 4 is 34.8 Å². The summed E-state index contributed by atoms with van der Waals surface area (Å²) >= 11 is 12.0. The lowest BCUT2D eigenvalue weighted by Gasteiger charge is -2.23. The van der Waals surface area contributed by atoms with E-state index in [1.54, 1.807) is 12.1 Å². The quantitative estimate of drug-likeness (QED) is 0.832. The first kappa shape index (κ1) is 14.5. The molecule has 0 aliphatic heterocycles. The summed E-state index contributed by atoms with van der Waals surface area (Å²) in [7, 11) is 0. The van der Waals surface area contributed by atoms with Crippen LogP contribution >= 0.6 is 23.2 Å². The Labute approximate surface area is 123 Å². The number of nitrogens with one attached hydrogen (secondary N) is 1. The highest BCUT2D eigenvalue weighted by Gasteiger charge is 2.29. The first-order valence-corrected chi connectivity index (χ1v) is 7.20. The molecule has 0 heterocycles. The van der Waals surface area contributed by atoms with Gasteiger partial charge in [0.15, 0.2) is 0 Å². The maximum atomic E-state index is 12.2. The first-order chi connectivity index (χ1) is 8.91. The van der Waals surface area contributed by atoms with Gasteiger partial charge in [-0.25, -0.2) is 0 Å². The molecule has 1 amide bonds. The number of benzene rings is 1. The number of nitrogen functional groups attached to an aromatic ring is 1. The van der Waals surface area contributed by atoms with Gasteiger partial charge in [-0.1, -0.05) is 43.0 Å². The first-order valence-electron chi connectivity index (χ1n) is 6.44. The number of carbonyl (C=O) groups excluding carboxylic acids is 1. The van der Waals surface area contributed by atoms with Crippen LogP contribution in [0.25, 0.3) is 0 Å². The van der Waals surface area contributed by atoms with Gasteiger partial charge in [-0.05, 0) is 30.4 Å². The van der Waals surface area contributed by atoms with Crippen molar-refractivity contribution in [3.63, 3.8) is 0 Å². The third-order valence-corrected chi connectivity index (χ3v) is 4.58. The minimum atomic E-state index is -0.215. The fourth-order valence-corrected chi connectivity index (χ4v) is 2.99. The van der Waals surface area contributed by atoms with Gasteiger partial charge < -0.3 is 11.1 Å². The smallest absolute Gasteiger partial charge is 0.252 e. The molecule has 0 atom stereocenters. The standard InChI is InChI=1S/C14H18Cl2N2O/c1-14(4-2-3-5-14)8-18-13(19)10-6-9(17)7-11(15)12(10)16/h6-7H,2-5,8,17H2,1H3,(H,18,19). The fourth-order valence-electron chi connectivity index (χ4n) is 2.57. The number of hydrogen-bond acceptors (Lipinski definition) is 2. The van der Waals surface area contributed by atoms with Crippen molar-refractivity contribution in [2.24, 2.45) is 5.41 Å². The second kappa shape index (κ2) is 5.59. The Morgan fingerprint density at radius 3 is 2.63 bits per heavy atom. The number of amides is 1. The van der Waals surface area contributed by atoms with Crippen LogP contribution in [0.2, 0.25) is 10.0 Å². The van der Waals surface area contributed by atoms with E-state index in [9.17, 15) is 4.79 Å². The fraction of sp³-hybridized carbons (Fsp3) is 0.500. The molecule has 0 aromatic heterocycles. The lowest BCUT2D eigenvalue weighted by molar-refractivity contribution is 0.0934. The van der Waals surface area contributed by atoms with Gasteiger partial charge in [0.25, 0.3) is 5.91 Å². The van der Waals surface area contributed by atoms with Crippen molar-refractivity contribution in [3.05, 3.63) is 27.7 Å². The molecule has 104 valence electrons. The second-order valence-corrected chi connectivity index (χ2v) is 6.35. The van der Waals surface area contributed by atoms with Gasteiger partial charge in [0, 0.05) is 12.2 Å². The maximum absolute atomic E-state index is 12.2. The van der Waals surface area contributed by atoms with Crippen molar-refractivity contribution in [2.45, 2.75) is 32.6 Å². The van der Waals surface area contributed by atoms with Gasteiger partial charge in [-0.3, -0.25) is 4.79 Å². The molecule has 0 radical (unpaired) electrons. The molecular formula is C14H18Cl2N2O. The summed E-state index contributed by atoms with van der Waals surface area (Å²) in [6.45, 7) is 2.86. The van der Waals surface area contributed by atoms with E-state index in [0.717, 1.165) is 12.8 Å². The Bertz CT molecular complexity index is 496. The summed E-state index contributed by atoms with van der Waals surface area (Å²) in [5.74, 6) is -0.215. The predicted molar refractivity (Wildman–Crippen MR) is 79.8 cm³/mol. The van der Waals surface area contributed by atoms with Crippen LogP contribution < -0.4 is 11.1 Å². The van der Waals surface area contributed by atoms with Crippen molar-refractivity contribution < 1.29 is 4.79 Å². The number of halogens is 2.